The molecule has 4 nitrogen and oxygen atoms in total. The Morgan fingerprint density at radius 2 is 1.93 bits per heavy atom. The number of alkyl halides is 3. The summed E-state index contributed by atoms with van der Waals surface area (Å²) in [6.45, 7) is 0. The number of benzene rings is 2. The number of anilines is 1. The predicted octanol–water partition coefficient (Wildman–Crippen LogP) is 5.94. The van der Waals surface area contributed by atoms with Crippen LogP contribution in [0.3, 0.4) is 0 Å². The highest BCUT2D eigenvalue weighted by Crippen LogP contribution is 2.42. The Labute approximate surface area is 162 Å². The normalized spacial score (nSPS) is 11.7. The number of hydrogen-bond acceptors (Lipinski definition) is 5. The molecule has 0 saturated carbocycles. The highest BCUT2D eigenvalue weighted by atomic mass is 35.5. The largest absolute Gasteiger partial charge is 0.497 e. The molecule has 9 heteroatoms. The van der Waals surface area contributed by atoms with E-state index >= 15 is 0 Å². The zero-order valence-electron chi connectivity index (χ0n) is 13.9. The van der Waals surface area contributed by atoms with E-state index in [-0.39, 0.29) is 10.0 Å². The van der Waals surface area contributed by atoms with E-state index in [1.165, 1.54) is 30.5 Å². The van der Waals surface area contributed by atoms with Crippen LogP contribution in [0.25, 0.3) is 10.4 Å². The fourth-order valence-corrected chi connectivity index (χ4v) is 3.31. The van der Waals surface area contributed by atoms with Crippen LogP contribution in [0.5, 0.6) is 5.75 Å². The van der Waals surface area contributed by atoms with Crippen molar-refractivity contribution in [1.29, 1.82) is 0 Å². The van der Waals surface area contributed by atoms with Gasteiger partial charge in [0, 0.05) is 5.02 Å². The second-order valence-electron chi connectivity index (χ2n) is 5.35. The summed E-state index contributed by atoms with van der Waals surface area (Å²) in [6, 6.07) is 13.2. The van der Waals surface area contributed by atoms with Gasteiger partial charge >= 0.3 is 6.18 Å². The molecule has 0 radical (unpaired) electrons. The van der Waals surface area contributed by atoms with E-state index in [4.69, 9.17) is 16.3 Å². The van der Waals surface area contributed by atoms with Gasteiger partial charge in [0.1, 0.15) is 5.75 Å². The van der Waals surface area contributed by atoms with Crippen LogP contribution in [0.15, 0.2) is 53.6 Å². The van der Waals surface area contributed by atoms with Crippen molar-refractivity contribution in [2.45, 2.75) is 6.18 Å². The molecule has 1 heterocycles. The second kappa shape index (κ2) is 7.98. The van der Waals surface area contributed by atoms with Crippen molar-refractivity contribution in [2.75, 3.05) is 12.5 Å². The number of methoxy groups -OCH3 is 1. The number of halogens is 4. The smallest absolute Gasteiger partial charge is 0.434 e. The van der Waals surface area contributed by atoms with Crippen molar-refractivity contribution in [3.63, 3.8) is 0 Å². The van der Waals surface area contributed by atoms with Crippen molar-refractivity contribution < 1.29 is 17.9 Å². The van der Waals surface area contributed by atoms with Crippen LogP contribution in [0.4, 0.5) is 18.3 Å². The van der Waals surface area contributed by atoms with Crippen molar-refractivity contribution >= 4 is 34.3 Å². The molecule has 0 bridgehead atoms. The molecule has 0 aliphatic heterocycles. The van der Waals surface area contributed by atoms with E-state index in [0.717, 1.165) is 16.9 Å². The van der Waals surface area contributed by atoms with Gasteiger partial charge in [-0.1, -0.05) is 47.2 Å². The van der Waals surface area contributed by atoms with E-state index in [1.807, 2.05) is 0 Å². The van der Waals surface area contributed by atoms with Gasteiger partial charge < -0.3 is 4.74 Å². The standard InChI is InChI=1S/C18H13ClF3N3OS/c1-26-14-4-2-3-11(9-14)10-23-25-17-24-16(18(20,21)22)15(27-17)12-5-7-13(19)8-6-12/h2-10H,1H3,(H,24,25). The number of thiazole rings is 1. The number of ether oxygens (including phenoxy) is 1. The molecule has 3 aromatic rings. The first-order valence-corrected chi connectivity index (χ1v) is 8.83. The molecular formula is C18H13ClF3N3OS. The number of nitrogens with zero attached hydrogens (tertiary/aromatic N) is 2. The minimum atomic E-state index is -4.58. The van der Waals surface area contributed by atoms with Gasteiger partial charge in [-0.25, -0.2) is 4.98 Å². The zero-order chi connectivity index (χ0) is 19.4. The summed E-state index contributed by atoms with van der Waals surface area (Å²) < 4.78 is 45.1. The molecule has 0 fully saturated rings. The number of nitrogens with one attached hydrogen (secondary N) is 1. The molecule has 2 aromatic carbocycles. The maximum absolute atomic E-state index is 13.3. The molecule has 27 heavy (non-hydrogen) atoms. The van der Waals surface area contributed by atoms with Gasteiger partial charge in [-0.2, -0.15) is 18.3 Å². The van der Waals surface area contributed by atoms with Crippen molar-refractivity contribution in [1.82, 2.24) is 4.98 Å². The van der Waals surface area contributed by atoms with Gasteiger partial charge in [0.15, 0.2) is 5.69 Å². The Bertz CT molecular complexity index is 955. The Balaban J connectivity index is 1.86. The van der Waals surface area contributed by atoms with Gasteiger partial charge in [-0.05, 0) is 35.4 Å². The van der Waals surface area contributed by atoms with E-state index in [1.54, 1.807) is 31.4 Å². The summed E-state index contributed by atoms with van der Waals surface area (Å²) >= 11 is 6.67. The molecular weight excluding hydrogens is 399 g/mol. The molecule has 0 unspecified atom stereocenters. The number of hydrogen-bond donors (Lipinski definition) is 1. The molecule has 0 atom stereocenters. The van der Waals surface area contributed by atoms with Gasteiger partial charge in [-0.3, -0.25) is 5.43 Å². The second-order valence-corrected chi connectivity index (χ2v) is 6.78. The van der Waals surface area contributed by atoms with Crippen LogP contribution < -0.4 is 10.2 Å². The molecule has 3 rings (SSSR count). The molecule has 140 valence electrons. The van der Waals surface area contributed by atoms with Crippen LogP contribution in [0.1, 0.15) is 11.3 Å². The quantitative estimate of drug-likeness (QED) is 0.417. The maximum atomic E-state index is 13.3. The third-order valence-electron chi connectivity index (χ3n) is 3.47. The van der Waals surface area contributed by atoms with Crippen molar-refractivity contribution in [3.05, 3.63) is 64.8 Å². The summed E-state index contributed by atoms with van der Waals surface area (Å²) in [4.78, 5) is 3.65. The topological polar surface area (TPSA) is 46.5 Å². The summed E-state index contributed by atoms with van der Waals surface area (Å²) in [7, 11) is 1.54. The first-order chi connectivity index (χ1) is 12.9. The molecule has 1 N–H and O–H groups in total. The van der Waals surface area contributed by atoms with E-state index < -0.39 is 11.9 Å². The lowest BCUT2D eigenvalue weighted by Gasteiger charge is -2.05. The van der Waals surface area contributed by atoms with Gasteiger partial charge in [0.2, 0.25) is 5.13 Å². The average Bonchev–Trinajstić information content (AvgIpc) is 3.07. The number of rotatable bonds is 5. The Kier molecular flexibility index (Phi) is 5.67. The number of aromatic nitrogens is 1. The third-order valence-corrected chi connectivity index (χ3v) is 4.73. The van der Waals surface area contributed by atoms with Crippen LogP contribution in [-0.2, 0) is 6.18 Å². The first kappa shape index (κ1) is 19.2. The highest BCUT2D eigenvalue weighted by Gasteiger charge is 2.38. The average molecular weight is 412 g/mol. The van der Waals surface area contributed by atoms with Gasteiger partial charge in [0.25, 0.3) is 0 Å². The Hall–Kier alpha value is -2.58. The zero-order valence-corrected chi connectivity index (χ0v) is 15.5. The molecule has 0 saturated heterocycles. The fourth-order valence-electron chi connectivity index (χ4n) is 2.24. The van der Waals surface area contributed by atoms with Crippen LogP contribution in [0, 0.1) is 0 Å². The first-order valence-electron chi connectivity index (χ1n) is 7.64. The molecule has 0 aliphatic carbocycles. The molecule has 1 aromatic heterocycles. The summed E-state index contributed by atoms with van der Waals surface area (Å²) in [5, 5.41) is 4.44. The number of hydrazone groups is 1. The minimum Gasteiger partial charge on any atom is -0.497 e. The van der Waals surface area contributed by atoms with E-state index in [2.05, 4.69) is 15.5 Å². The molecule has 0 spiro atoms. The van der Waals surface area contributed by atoms with Gasteiger partial charge in [0.05, 0.1) is 18.2 Å². The van der Waals surface area contributed by atoms with Crippen LogP contribution in [0.2, 0.25) is 5.02 Å². The van der Waals surface area contributed by atoms with E-state index in [0.29, 0.717) is 16.3 Å². The third kappa shape index (κ3) is 4.78. The highest BCUT2D eigenvalue weighted by molar-refractivity contribution is 7.19. The lowest BCUT2D eigenvalue weighted by atomic mass is 10.1. The van der Waals surface area contributed by atoms with Crippen molar-refractivity contribution in [3.8, 4) is 16.2 Å². The van der Waals surface area contributed by atoms with Crippen LogP contribution in [-0.4, -0.2) is 18.3 Å². The Morgan fingerprint density at radius 1 is 1.19 bits per heavy atom. The summed E-state index contributed by atoms with van der Waals surface area (Å²) in [5.74, 6) is 0.651. The minimum absolute atomic E-state index is 0.00162. The monoisotopic (exact) mass is 411 g/mol. The molecule has 0 aliphatic rings. The van der Waals surface area contributed by atoms with E-state index in [9.17, 15) is 13.2 Å². The summed E-state index contributed by atoms with van der Waals surface area (Å²) in [5.41, 5.74) is 2.70. The Morgan fingerprint density at radius 3 is 2.59 bits per heavy atom. The SMILES string of the molecule is COc1cccc(C=NNc2nc(C(F)(F)F)c(-c3ccc(Cl)cc3)s2)c1. The fraction of sp³-hybridized carbons (Fsp3) is 0.111. The predicted molar refractivity (Wildman–Crippen MR) is 102 cm³/mol. The van der Waals surface area contributed by atoms with Crippen molar-refractivity contribution in [2.24, 2.45) is 5.10 Å². The molecule has 0 amide bonds. The van der Waals surface area contributed by atoms with Gasteiger partial charge in [-0.15, -0.1) is 0 Å². The lowest BCUT2D eigenvalue weighted by Crippen LogP contribution is -2.07. The summed E-state index contributed by atoms with van der Waals surface area (Å²) in [6.07, 6.45) is -3.11. The maximum Gasteiger partial charge on any atom is 0.434 e. The lowest BCUT2D eigenvalue weighted by molar-refractivity contribution is -0.140. The van der Waals surface area contributed by atoms with Crippen LogP contribution >= 0.6 is 22.9 Å².